The van der Waals surface area contributed by atoms with E-state index < -0.39 is 0 Å². The number of ether oxygens (including phenoxy) is 1. The summed E-state index contributed by atoms with van der Waals surface area (Å²) in [7, 11) is 0. The lowest BCUT2D eigenvalue weighted by atomic mass is 9.95. The number of nitrogens with zero attached hydrogens (tertiary/aromatic N) is 2. The Morgan fingerprint density at radius 1 is 1.05 bits per heavy atom. The minimum atomic E-state index is -0.0190. The first-order valence-corrected chi connectivity index (χ1v) is 8.36. The molecule has 3 amide bonds. The highest BCUT2D eigenvalue weighted by Crippen LogP contribution is 2.22. The van der Waals surface area contributed by atoms with Crippen molar-refractivity contribution in [2.75, 3.05) is 26.2 Å². The number of likely N-dealkylation sites (tertiary alicyclic amines) is 1. The second-order valence-corrected chi connectivity index (χ2v) is 6.87. The van der Waals surface area contributed by atoms with Crippen LogP contribution >= 0.6 is 0 Å². The van der Waals surface area contributed by atoms with E-state index in [1.165, 1.54) is 0 Å². The summed E-state index contributed by atoms with van der Waals surface area (Å²) in [6.45, 7) is 10.6. The molecule has 6 nitrogen and oxygen atoms in total. The van der Waals surface area contributed by atoms with Crippen molar-refractivity contribution < 1.29 is 14.3 Å². The lowest BCUT2D eigenvalue weighted by Crippen LogP contribution is -2.52. The van der Waals surface area contributed by atoms with E-state index in [0.29, 0.717) is 26.2 Å². The predicted octanol–water partition coefficient (Wildman–Crippen LogP) is 1.45. The lowest BCUT2D eigenvalue weighted by molar-refractivity contribution is -0.148. The van der Waals surface area contributed by atoms with Crippen molar-refractivity contribution in [2.24, 2.45) is 5.92 Å². The number of rotatable bonds is 2. The van der Waals surface area contributed by atoms with Crippen molar-refractivity contribution in [3.8, 4) is 0 Å². The third kappa shape index (κ3) is 4.35. The largest absolute Gasteiger partial charge is 0.372 e. The Hall–Kier alpha value is -1.30. The Morgan fingerprint density at radius 2 is 1.59 bits per heavy atom. The molecule has 6 heteroatoms. The van der Waals surface area contributed by atoms with E-state index in [-0.39, 0.29) is 36.1 Å². The fraction of sp³-hybridized carbons (Fsp3) is 0.875. The first-order chi connectivity index (χ1) is 10.4. The molecule has 1 N–H and O–H groups in total. The summed E-state index contributed by atoms with van der Waals surface area (Å²) in [5.41, 5.74) is 0. The summed E-state index contributed by atoms with van der Waals surface area (Å²) < 4.78 is 5.68. The van der Waals surface area contributed by atoms with Crippen molar-refractivity contribution in [3.63, 3.8) is 0 Å². The monoisotopic (exact) mass is 311 g/mol. The number of carbonyl (C=O) groups excluding carboxylic acids is 2. The molecule has 2 heterocycles. The molecule has 2 aliphatic rings. The second kappa shape index (κ2) is 7.31. The smallest absolute Gasteiger partial charge is 0.317 e. The van der Waals surface area contributed by atoms with Crippen molar-refractivity contribution in [2.45, 2.75) is 58.8 Å². The maximum Gasteiger partial charge on any atom is 0.317 e. The maximum atomic E-state index is 12.6. The molecule has 0 spiro atoms. The van der Waals surface area contributed by atoms with E-state index in [2.05, 4.69) is 5.32 Å². The maximum absolute atomic E-state index is 12.6. The quantitative estimate of drug-likeness (QED) is 0.839. The molecule has 2 aliphatic heterocycles. The minimum Gasteiger partial charge on any atom is -0.372 e. The van der Waals surface area contributed by atoms with Crippen LogP contribution in [0.4, 0.5) is 4.79 Å². The van der Waals surface area contributed by atoms with Crippen molar-refractivity contribution in [1.29, 1.82) is 0 Å². The van der Waals surface area contributed by atoms with Gasteiger partial charge in [-0.3, -0.25) is 4.79 Å². The van der Waals surface area contributed by atoms with Gasteiger partial charge in [0.05, 0.1) is 12.2 Å². The SMILES string of the molecule is CC(C)NC(=O)N1CCC(C(=O)N2CC(C)OC(C)C2)CC1. The molecule has 2 rings (SSSR count). The first-order valence-electron chi connectivity index (χ1n) is 8.36. The number of hydrogen-bond donors (Lipinski definition) is 1. The fourth-order valence-electron chi connectivity index (χ4n) is 3.28. The summed E-state index contributed by atoms with van der Waals surface area (Å²) in [5, 5.41) is 2.91. The fourth-order valence-corrected chi connectivity index (χ4v) is 3.28. The van der Waals surface area contributed by atoms with Gasteiger partial charge in [0.25, 0.3) is 0 Å². The summed E-state index contributed by atoms with van der Waals surface area (Å²) in [6, 6.07) is 0.123. The Balaban J connectivity index is 1.83. The average molecular weight is 311 g/mol. The predicted molar refractivity (Wildman–Crippen MR) is 84.6 cm³/mol. The van der Waals surface area contributed by atoms with Gasteiger partial charge < -0.3 is 19.9 Å². The molecule has 126 valence electrons. The molecule has 22 heavy (non-hydrogen) atoms. The molecular formula is C16H29N3O3. The summed E-state index contributed by atoms with van der Waals surface area (Å²) in [5.74, 6) is 0.270. The van der Waals surface area contributed by atoms with Crippen LogP contribution in [0.15, 0.2) is 0 Å². The Labute approximate surface area is 133 Å². The van der Waals surface area contributed by atoms with Crippen LogP contribution in [-0.4, -0.2) is 66.2 Å². The third-order valence-electron chi connectivity index (χ3n) is 4.27. The first kappa shape index (κ1) is 17.1. The van der Waals surface area contributed by atoms with E-state index >= 15 is 0 Å². The zero-order chi connectivity index (χ0) is 16.3. The van der Waals surface area contributed by atoms with Gasteiger partial charge in [-0.15, -0.1) is 0 Å². The molecule has 0 radical (unpaired) electrons. The molecule has 0 bridgehead atoms. The third-order valence-corrected chi connectivity index (χ3v) is 4.27. The molecule has 0 aromatic heterocycles. The van der Waals surface area contributed by atoms with Crippen LogP contribution in [0.25, 0.3) is 0 Å². The van der Waals surface area contributed by atoms with Gasteiger partial charge in [-0.05, 0) is 40.5 Å². The molecule has 0 aromatic carbocycles. The van der Waals surface area contributed by atoms with Crippen molar-refractivity contribution in [1.82, 2.24) is 15.1 Å². The highest BCUT2D eigenvalue weighted by atomic mass is 16.5. The van der Waals surface area contributed by atoms with E-state index in [1.54, 1.807) is 0 Å². The van der Waals surface area contributed by atoms with Crippen LogP contribution in [0.1, 0.15) is 40.5 Å². The van der Waals surface area contributed by atoms with Crippen LogP contribution in [0.3, 0.4) is 0 Å². The molecule has 0 aromatic rings. The van der Waals surface area contributed by atoms with Crippen LogP contribution in [0.2, 0.25) is 0 Å². The van der Waals surface area contributed by atoms with E-state index in [0.717, 1.165) is 12.8 Å². The molecule has 2 fully saturated rings. The summed E-state index contributed by atoms with van der Waals surface area (Å²) >= 11 is 0. The van der Waals surface area contributed by atoms with Gasteiger partial charge >= 0.3 is 6.03 Å². The highest BCUT2D eigenvalue weighted by Gasteiger charge is 2.33. The van der Waals surface area contributed by atoms with Crippen LogP contribution in [0, 0.1) is 5.92 Å². The standard InChI is InChI=1S/C16H29N3O3/c1-11(2)17-16(21)18-7-5-14(6-8-18)15(20)19-9-12(3)22-13(4)10-19/h11-14H,5-10H2,1-4H3,(H,17,21). The number of nitrogens with one attached hydrogen (secondary N) is 1. The van der Waals surface area contributed by atoms with Gasteiger partial charge in [0.1, 0.15) is 0 Å². The summed E-state index contributed by atoms with van der Waals surface area (Å²) in [6.07, 6.45) is 1.71. The number of hydrogen-bond acceptors (Lipinski definition) is 3. The zero-order valence-corrected chi connectivity index (χ0v) is 14.2. The van der Waals surface area contributed by atoms with Gasteiger partial charge in [0.2, 0.25) is 5.91 Å². The van der Waals surface area contributed by atoms with Crippen LogP contribution in [-0.2, 0) is 9.53 Å². The lowest BCUT2D eigenvalue weighted by Gasteiger charge is -2.39. The number of amides is 3. The van der Waals surface area contributed by atoms with Gasteiger partial charge in [-0.2, -0.15) is 0 Å². The zero-order valence-electron chi connectivity index (χ0n) is 14.2. The number of carbonyl (C=O) groups is 2. The normalized spacial score (nSPS) is 27.1. The van der Waals surface area contributed by atoms with Crippen molar-refractivity contribution in [3.05, 3.63) is 0 Å². The molecule has 0 saturated carbocycles. The number of urea groups is 1. The van der Waals surface area contributed by atoms with Gasteiger partial charge in [-0.25, -0.2) is 4.79 Å². The Bertz CT molecular complexity index is 395. The minimum absolute atomic E-state index is 0.0190. The Kier molecular flexibility index (Phi) is 5.67. The van der Waals surface area contributed by atoms with Gasteiger partial charge in [-0.1, -0.05) is 0 Å². The second-order valence-electron chi connectivity index (χ2n) is 6.87. The molecule has 2 unspecified atom stereocenters. The van der Waals surface area contributed by atoms with E-state index in [9.17, 15) is 9.59 Å². The average Bonchev–Trinajstić information content (AvgIpc) is 2.45. The van der Waals surface area contributed by atoms with E-state index in [4.69, 9.17) is 4.74 Å². The molecule has 2 saturated heterocycles. The molecule has 2 atom stereocenters. The van der Waals surface area contributed by atoms with Gasteiger partial charge in [0.15, 0.2) is 0 Å². The topological polar surface area (TPSA) is 61.9 Å². The van der Waals surface area contributed by atoms with Gasteiger partial charge in [0, 0.05) is 38.1 Å². The van der Waals surface area contributed by atoms with Crippen LogP contribution < -0.4 is 5.32 Å². The van der Waals surface area contributed by atoms with E-state index in [1.807, 2.05) is 37.5 Å². The Morgan fingerprint density at radius 3 is 2.09 bits per heavy atom. The number of piperidine rings is 1. The highest BCUT2D eigenvalue weighted by molar-refractivity contribution is 5.80. The van der Waals surface area contributed by atoms with Crippen molar-refractivity contribution >= 4 is 11.9 Å². The summed E-state index contributed by atoms with van der Waals surface area (Å²) in [4.78, 5) is 28.4. The van der Waals surface area contributed by atoms with Crippen LogP contribution in [0.5, 0.6) is 0 Å². The molecule has 0 aliphatic carbocycles. The number of morpholine rings is 1. The molecular weight excluding hydrogens is 282 g/mol.